The highest BCUT2D eigenvalue weighted by Gasteiger charge is 2.35. The minimum atomic E-state index is -4.53. The van der Waals surface area contributed by atoms with Crippen LogP contribution in [-0.2, 0) is 17.5 Å². The standard InChI is InChI=1S/C19H19F3N6O.H2S/c1-12-11-29-9-8-28(12)18-26-16-14(5-3-7-24-16)17(27-18)25-10-13-4-2-6-23-15(13)19(20,21)22;/h2-7,12H,8-11H2,1H3,(H,24,25,26,27);1H2/t12-;/m0./s1. The molecule has 3 aromatic heterocycles. The van der Waals surface area contributed by atoms with Crippen molar-refractivity contribution < 1.29 is 17.9 Å². The Morgan fingerprint density at radius 3 is 2.70 bits per heavy atom. The zero-order valence-corrected chi connectivity index (χ0v) is 17.1. The molecule has 1 saturated heterocycles. The molecule has 160 valence electrons. The number of morpholine rings is 1. The second-order valence-electron chi connectivity index (χ2n) is 6.73. The molecule has 0 spiro atoms. The molecular formula is C19H21F3N6OS. The van der Waals surface area contributed by atoms with E-state index in [-0.39, 0.29) is 31.6 Å². The SMILES string of the molecule is C[C@H]1COCCN1c1nc(NCc2cccnc2C(F)(F)F)c2cccnc2n1.S. The number of alkyl halides is 3. The summed E-state index contributed by atoms with van der Waals surface area (Å²) in [6.07, 6.45) is -1.77. The van der Waals surface area contributed by atoms with Crippen molar-refractivity contribution in [2.24, 2.45) is 0 Å². The lowest BCUT2D eigenvalue weighted by Crippen LogP contribution is -2.44. The average Bonchev–Trinajstić information content (AvgIpc) is 2.71. The fourth-order valence-corrected chi connectivity index (χ4v) is 3.25. The van der Waals surface area contributed by atoms with Crippen molar-refractivity contribution in [3.05, 3.63) is 47.9 Å². The summed E-state index contributed by atoms with van der Waals surface area (Å²) in [5, 5.41) is 3.66. The topological polar surface area (TPSA) is 76.1 Å². The first-order valence-corrected chi connectivity index (χ1v) is 9.15. The second kappa shape index (κ2) is 9.00. The van der Waals surface area contributed by atoms with E-state index in [0.29, 0.717) is 42.6 Å². The third kappa shape index (κ3) is 4.57. The first-order valence-electron chi connectivity index (χ1n) is 9.15. The number of nitrogens with zero attached hydrogens (tertiary/aromatic N) is 5. The van der Waals surface area contributed by atoms with Gasteiger partial charge >= 0.3 is 6.18 Å². The van der Waals surface area contributed by atoms with E-state index in [1.165, 1.54) is 12.1 Å². The third-order valence-electron chi connectivity index (χ3n) is 4.69. The highest BCUT2D eigenvalue weighted by atomic mass is 32.1. The molecule has 0 amide bonds. The second-order valence-corrected chi connectivity index (χ2v) is 6.73. The van der Waals surface area contributed by atoms with E-state index < -0.39 is 11.9 Å². The van der Waals surface area contributed by atoms with Gasteiger partial charge in [-0.25, -0.2) is 4.98 Å². The highest BCUT2D eigenvalue weighted by molar-refractivity contribution is 7.59. The Morgan fingerprint density at radius 1 is 1.17 bits per heavy atom. The van der Waals surface area contributed by atoms with E-state index in [0.717, 1.165) is 6.20 Å². The van der Waals surface area contributed by atoms with Crippen molar-refractivity contribution in [1.82, 2.24) is 19.9 Å². The van der Waals surface area contributed by atoms with Gasteiger partial charge in [-0.3, -0.25) is 4.98 Å². The molecule has 3 aromatic rings. The smallest absolute Gasteiger partial charge is 0.377 e. The van der Waals surface area contributed by atoms with Crippen LogP contribution in [0.3, 0.4) is 0 Å². The summed E-state index contributed by atoms with van der Waals surface area (Å²) in [6, 6.07) is 6.47. The van der Waals surface area contributed by atoms with Crippen molar-refractivity contribution in [1.29, 1.82) is 0 Å². The van der Waals surface area contributed by atoms with Crippen LogP contribution in [0, 0.1) is 0 Å². The van der Waals surface area contributed by atoms with Crippen LogP contribution in [0.1, 0.15) is 18.2 Å². The molecule has 0 aromatic carbocycles. The van der Waals surface area contributed by atoms with Crippen LogP contribution in [-0.4, -0.2) is 45.7 Å². The molecule has 0 radical (unpaired) electrons. The van der Waals surface area contributed by atoms with E-state index in [9.17, 15) is 13.2 Å². The van der Waals surface area contributed by atoms with Gasteiger partial charge in [0.1, 0.15) is 11.5 Å². The van der Waals surface area contributed by atoms with E-state index in [1.807, 2.05) is 11.8 Å². The van der Waals surface area contributed by atoms with Crippen molar-refractivity contribution in [2.75, 3.05) is 30.0 Å². The lowest BCUT2D eigenvalue weighted by atomic mass is 10.2. The summed E-state index contributed by atoms with van der Waals surface area (Å²) in [6.45, 7) is 3.66. The first-order chi connectivity index (χ1) is 13.9. The van der Waals surface area contributed by atoms with Gasteiger partial charge in [-0.15, -0.1) is 0 Å². The summed E-state index contributed by atoms with van der Waals surface area (Å²) in [7, 11) is 0. The minimum absolute atomic E-state index is 0. The van der Waals surface area contributed by atoms with Gasteiger partial charge in [-0.1, -0.05) is 6.07 Å². The van der Waals surface area contributed by atoms with Gasteiger partial charge in [0.05, 0.1) is 24.6 Å². The minimum Gasteiger partial charge on any atom is -0.377 e. The summed E-state index contributed by atoms with van der Waals surface area (Å²) < 4.78 is 45.2. The van der Waals surface area contributed by atoms with Crippen molar-refractivity contribution in [2.45, 2.75) is 25.7 Å². The van der Waals surface area contributed by atoms with Gasteiger partial charge in [0, 0.05) is 31.0 Å². The summed E-state index contributed by atoms with van der Waals surface area (Å²) in [5.74, 6) is 0.894. The predicted octanol–water partition coefficient (Wildman–Crippen LogP) is 3.39. The molecule has 0 unspecified atom stereocenters. The third-order valence-corrected chi connectivity index (χ3v) is 4.69. The molecule has 1 atom stereocenters. The van der Waals surface area contributed by atoms with E-state index in [4.69, 9.17) is 4.74 Å². The van der Waals surface area contributed by atoms with Gasteiger partial charge in [-0.05, 0) is 25.1 Å². The number of halogens is 3. The molecular weight excluding hydrogens is 417 g/mol. The Hall–Kier alpha value is -2.66. The maximum atomic E-state index is 13.2. The van der Waals surface area contributed by atoms with Gasteiger partial charge in [0.15, 0.2) is 5.65 Å². The number of hydrogen-bond donors (Lipinski definition) is 1. The van der Waals surface area contributed by atoms with Crippen LogP contribution >= 0.6 is 13.5 Å². The van der Waals surface area contributed by atoms with E-state index >= 15 is 0 Å². The van der Waals surface area contributed by atoms with Crippen molar-refractivity contribution >= 4 is 36.3 Å². The van der Waals surface area contributed by atoms with Gasteiger partial charge in [-0.2, -0.15) is 36.6 Å². The zero-order valence-electron chi connectivity index (χ0n) is 16.1. The fourth-order valence-electron chi connectivity index (χ4n) is 3.25. The number of ether oxygens (including phenoxy) is 1. The molecule has 7 nitrogen and oxygen atoms in total. The van der Waals surface area contributed by atoms with Crippen LogP contribution in [0.15, 0.2) is 36.7 Å². The Balaban J connectivity index is 0.00000256. The van der Waals surface area contributed by atoms with Gasteiger partial charge < -0.3 is 15.0 Å². The van der Waals surface area contributed by atoms with E-state index in [2.05, 4.69) is 25.3 Å². The Kier molecular flexibility index (Phi) is 6.61. The number of anilines is 2. The normalized spacial score (nSPS) is 16.9. The van der Waals surface area contributed by atoms with Crippen molar-refractivity contribution in [3.63, 3.8) is 0 Å². The Labute approximate surface area is 178 Å². The summed E-state index contributed by atoms with van der Waals surface area (Å²) in [5.41, 5.74) is -0.399. The number of rotatable bonds is 4. The fraction of sp³-hybridized carbons (Fsp3) is 0.368. The molecule has 1 aliphatic rings. The molecule has 0 bridgehead atoms. The maximum Gasteiger partial charge on any atom is 0.433 e. The Morgan fingerprint density at radius 2 is 1.93 bits per heavy atom. The van der Waals surface area contributed by atoms with Gasteiger partial charge in [0.2, 0.25) is 5.95 Å². The van der Waals surface area contributed by atoms with E-state index in [1.54, 1.807) is 18.3 Å². The van der Waals surface area contributed by atoms with Crippen LogP contribution in [0.2, 0.25) is 0 Å². The number of fused-ring (bicyclic) bond motifs is 1. The molecule has 11 heteroatoms. The molecule has 4 heterocycles. The lowest BCUT2D eigenvalue weighted by molar-refractivity contribution is -0.141. The first kappa shape index (κ1) is 22.0. The zero-order chi connectivity index (χ0) is 20.4. The number of hydrogen-bond acceptors (Lipinski definition) is 7. The van der Waals surface area contributed by atoms with Crippen LogP contribution in [0.25, 0.3) is 11.0 Å². The molecule has 4 rings (SSSR count). The summed E-state index contributed by atoms with van der Waals surface area (Å²) in [4.78, 5) is 18.9. The lowest BCUT2D eigenvalue weighted by Gasteiger charge is -2.33. The number of pyridine rings is 2. The monoisotopic (exact) mass is 438 g/mol. The maximum absolute atomic E-state index is 13.2. The number of aromatic nitrogens is 4. The Bertz CT molecular complexity index is 1020. The number of nitrogens with one attached hydrogen (secondary N) is 1. The van der Waals surface area contributed by atoms with Crippen LogP contribution in [0.4, 0.5) is 24.9 Å². The quantitative estimate of drug-likeness (QED) is 0.669. The molecule has 0 saturated carbocycles. The average molecular weight is 438 g/mol. The predicted molar refractivity (Wildman–Crippen MR) is 112 cm³/mol. The van der Waals surface area contributed by atoms with Crippen molar-refractivity contribution in [3.8, 4) is 0 Å². The molecule has 30 heavy (non-hydrogen) atoms. The molecule has 0 aliphatic carbocycles. The molecule has 1 fully saturated rings. The molecule has 1 N–H and O–H groups in total. The van der Waals surface area contributed by atoms with Crippen LogP contribution in [0.5, 0.6) is 0 Å². The van der Waals surface area contributed by atoms with Crippen LogP contribution < -0.4 is 10.2 Å². The largest absolute Gasteiger partial charge is 0.433 e. The highest BCUT2D eigenvalue weighted by Crippen LogP contribution is 2.31. The van der Waals surface area contributed by atoms with Gasteiger partial charge in [0.25, 0.3) is 0 Å². The molecule has 1 aliphatic heterocycles. The summed E-state index contributed by atoms with van der Waals surface area (Å²) >= 11 is 0.